The number of hydrogen-bond acceptors (Lipinski definition) is 2. The van der Waals surface area contributed by atoms with Gasteiger partial charge in [-0.1, -0.05) is 58.9 Å². The van der Waals surface area contributed by atoms with Crippen LogP contribution in [-0.2, 0) is 11.3 Å². The molecule has 0 radical (unpaired) electrons. The molecule has 0 spiro atoms. The fraction of sp³-hybridized carbons (Fsp3) is 0.684. The van der Waals surface area contributed by atoms with Gasteiger partial charge in [-0.2, -0.15) is 0 Å². The van der Waals surface area contributed by atoms with Gasteiger partial charge in [0.1, 0.15) is 0 Å². The van der Waals surface area contributed by atoms with Crippen LogP contribution in [0.1, 0.15) is 64.5 Å². The first kappa shape index (κ1) is 18.2. The van der Waals surface area contributed by atoms with Crippen molar-refractivity contribution >= 4 is 0 Å². The number of ether oxygens (including phenoxy) is 1. The third kappa shape index (κ3) is 8.23. The van der Waals surface area contributed by atoms with Crippen molar-refractivity contribution < 1.29 is 4.74 Å². The van der Waals surface area contributed by atoms with Crippen LogP contribution in [0.15, 0.2) is 24.3 Å². The molecule has 0 saturated carbocycles. The number of rotatable bonds is 10. The van der Waals surface area contributed by atoms with Gasteiger partial charge in [0.05, 0.1) is 6.61 Å². The second kappa shape index (κ2) is 9.97. The molecule has 21 heavy (non-hydrogen) atoms. The molecule has 0 aliphatic heterocycles. The zero-order valence-electron chi connectivity index (χ0n) is 14.5. The summed E-state index contributed by atoms with van der Waals surface area (Å²) in [6.07, 6.45) is 2.41. The Kier molecular flexibility index (Phi) is 8.63. The summed E-state index contributed by atoms with van der Waals surface area (Å²) in [5, 5.41) is 3.49. The van der Waals surface area contributed by atoms with E-state index in [1.165, 1.54) is 17.5 Å². The number of nitrogens with one attached hydrogen (secondary N) is 1. The van der Waals surface area contributed by atoms with Crippen LogP contribution in [0, 0.1) is 5.92 Å². The van der Waals surface area contributed by atoms with Crippen LogP contribution in [0.2, 0.25) is 0 Å². The first-order valence-corrected chi connectivity index (χ1v) is 8.39. The first-order chi connectivity index (χ1) is 9.99. The van der Waals surface area contributed by atoms with Crippen molar-refractivity contribution in [3.63, 3.8) is 0 Å². The van der Waals surface area contributed by atoms with E-state index in [0.717, 1.165) is 32.1 Å². The maximum atomic E-state index is 5.74. The first-order valence-electron chi connectivity index (χ1n) is 8.39. The largest absolute Gasteiger partial charge is 0.377 e. The summed E-state index contributed by atoms with van der Waals surface area (Å²) in [5.74, 6) is 1.32. The van der Waals surface area contributed by atoms with E-state index >= 15 is 0 Å². The summed E-state index contributed by atoms with van der Waals surface area (Å²) >= 11 is 0. The van der Waals surface area contributed by atoms with Gasteiger partial charge in [0, 0.05) is 19.2 Å². The van der Waals surface area contributed by atoms with E-state index in [9.17, 15) is 0 Å². The van der Waals surface area contributed by atoms with Gasteiger partial charge < -0.3 is 10.1 Å². The van der Waals surface area contributed by atoms with Crippen molar-refractivity contribution in [2.24, 2.45) is 5.92 Å². The predicted molar refractivity (Wildman–Crippen MR) is 91.7 cm³/mol. The Hall–Kier alpha value is -0.860. The minimum Gasteiger partial charge on any atom is -0.377 e. The molecule has 2 nitrogen and oxygen atoms in total. The lowest BCUT2D eigenvalue weighted by Crippen LogP contribution is -2.26. The monoisotopic (exact) mass is 291 g/mol. The molecule has 1 N–H and O–H groups in total. The van der Waals surface area contributed by atoms with Crippen molar-refractivity contribution in [3.05, 3.63) is 35.4 Å². The quantitative estimate of drug-likeness (QED) is 0.629. The highest BCUT2D eigenvalue weighted by molar-refractivity contribution is 5.24. The lowest BCUT2D eigenvalue weighted by atomic mass is 9.99. The third-order valence-electron chi connectivity index (χ3n) is 3.72. The molecule has 1 rings (SSSR count). The second-order valence-electron chi connectivity index (χ2n) is 6.79. The van der Waals surface area contributed by atoms with Crippen LogP contribution in [0.5, 0.6) is 0 Å². The minimum atomic E-state index is 0.547. The summed E-state index contributed by atoms with van der Waals surface area (Å²) < 4.78 is 5.74. The Morgan fingerprint density at radius 2 is 1.67 bits per heavy atom. The molecule has 1 unspecified atom stereocenters. The molecule has 0 fully saturated rings. The molecule has 0 saturated heterocycles. The summed E-state index contributed by atoms with van der Waals surface area (Å²) in [4.78, 5) is 0. The molecule has 0 aliphatic carbocycles. The third-order valence-corrected chi connectivity index (χ3v) is 3.72. The lowest BCUT2D eigenvalue weighted by Gasteiger charge is -2.15. The van der Waals surface area contributed by atoms with E-state index in [-0.39, 0.29) is 0 Å². The fourth-order valence-corrected chi connectivity index (χ4v) is 2.26. The van der Waals surface area contributed by atoms with Crippen molar-refractivity contribution in [2.75, 3.05) is 13.2 Å². The zero-order valence-corrected chi connectivity index (χ0v) is 14.5. The molecule has 0 amide bonds. The predicted octanol–water partition coefficient (Wildman–Crippen LogP) is 4.74. The van der Waals surface area contributed by atoms with Gasteiger partial charge >= 0.3 is 0 Å². The Labute approximate surface area is 131 Å². The topological polar surface area (TPSA) is 21.3 Å². The van der Waals surface area contributed by atoms with E-state index in [1.54, 1.807) is 0 Å². The van der Waals surface area contributed by atoms with Crippen molar-refractivity contribution in [1.82, 2.24) is 5.32 Å². The van der Waals surface area contributed by atoms with E-state index in [2.05, 4.69) is 64.2 Å². The van der Waals surface area contributed by atoms with Crippen LogP contribution in [0.4, 0.5) is 0 Å². The van der Waals surface area contributed by atoms with Gasteiger partial charge in [-0.15, -0.1) is 0 Å². The maximum absolute atomic E-state index is 5.74. The van der Waals surface area contributed by atoms with Crippen LogP contribution < -0.4 is 5.32 Å². The molecular weight excluding hydrogens is 258 g/mol. The maximum Gasteiger partial charge on any atom is 0.0716 e. The van der Waals surface area contributed by atoms with Gasteiger partial charge in [0.15, 0.2) is 0 Å². The molecule has 1 aromatic rings. The molecule has 120 valence electrons. The summed E-state index contributed by atoms with van der Waals surface area (Å²) in [7, 11) is 0. The normalized spacial score (nSPS) is 13.1. The smallest absolute Gasteiger partial charge is 0.0716 e. The Bertz CT molecular complexity index is 370. The van der Waals surface area contributed by atoms with Gasteiger partial charge in [0.2, 0.25) is 0 Å². The standard InChI is InChI=1S/C19H33NO/c1-15(2)7-6-12-21-14-18-8-10-19(11-9-18)17(5)13-20-16(3)4/h8-11,15-17,20H,6-7,12-14H2,1-5H3. The summed E-state index contributed by atoms with van der Waals surface area (Å²) in [5.41, 5.74) is 2.67. The SMILES string of the molecule is CC(C)CCCOCc1ccc(C(C)CNC(C)C)cc1. The highest BCUT2D eigenvalue weighted by atomic mass is 16.5. The number of hydrogen-bond donors (Lipinski definition) is 1. The highest BCUT2D eigenvalue weighted by Gasteiger charge is 2.06. The molecule has 2 heteroatoms. The Balaban J connectivity index is 2.29. The van der Waals surface area contributed by atoms with Crippen LogP contribution >= 0.6 is 0 Å². The van der Waals surface area contributed by atoms with E-state index in [0.29, 0.717) is 12.0 Å². The van der Waals surface area contributed by atoms with E-state index in [4.69, 9.17) is 4.74 Å². The minimum absolute atomic E-state index is 0.547. The van der Waals surface area contributed by atoms with E-state index in [1.807, 2.05) is 0 Å². The Morgan fingerprint density at radius 1 is 1.00 bits per heavy atom. The van der Waals surface area contributed by atoms with Gasteiger partial charge in [-0.25, -0.2) is 0 Å². The molecule has 0 aliphatic rings. The molecule has 0 bridgehead atoms. The van der Waals surface area contributed by atoms with Crippen LogP contribution in [-0.4, -0.2) is 19.2 Å². The second-order valence-corrected chi connectivity index (χ2v) is 6.79. The van der Waals surface area contributed by atoms with Crippen LogP contribution in [0.25, 0.3) is 0 Å². The molecule has 0 aromatic heterocycles. The van der Waals surface area contributed by atoms with Crippen molar-refractivity contribution in [1.29, 1.82) is 0 Å². The molecule has 0 heterocycles. The lowest BCUT2D eigenvalue weighted by molar-refractivity contribution is 0.115. The van der Waals surface area contributed by atoms with E-state index < -0.39 is 0 Å². The summed E-state index contributed by atoms with van der Waals surface area (Å²) in [6, 6.07) is 9.41. The summed E-state index contributed by atoms with van der Waals surface area (Å²) in [6.45, 7) is 13.8. The highest BCUT2D eigenvalue weighted by Crippen LogP contribution is 2.16. The average molecular weight is 291 g/mol. The van der Waals surface area contributed by atoms with Gasteiger partial charge in [-0.3, -0.25) is 0 Å². The molecule has 1 atom stereocenters. The average Bonchev–Trinajstić information content (AvgIpc) is 2.44. The van der Waals surface area contributed by atoms with Crippen molar-refractivity contribution in [2.45, 2.75) is 66.0 Å². The molecule has 1 aromatic carbocycles. The van der Waals surface area contributed by atoms with Crippen LogP contribution in [0.3, 0.4) is 0 Å². The van der Waals surface area contributed by atoms with Crippen molar-refractivity contribution in [3.8, 4) is 0 Å². The van der Waals surface area contributed by atoms with Gasteiger partial charge in [0.25, 0.3) is 0 Å². The van der Waals surface area contributed by atoms with Gasteiger partial charge in [-0.05, 0) is 35.8 Å². The molecular formula is C19H33NO. The number of benzene rings is 1. The fourth-order valence-electron chi connectivity index (χ4n) is 2.26. The zero-order chi connectivity index (χ0) is 15.7. The Morgan fingerprint density at radius 3 is 2.24 bits per heavy atom.